The number of aromatic nitrogens is 3. The van der Waals surface area contributed by atoms with E-state index in [0.29, 0.717) is 5.75 Å². The van der Waals surface area contributed by atoms with Gasteiger partial charge in [-0.2, -0.15) is 0 Å². The van der Waals surface area contributed by atoms with Gasteiger partial charge in [0.2, 0.25) is 0 Å². The second-order valence-corrected chi connectivity index (χ2v) is 4.50. The fourth-order valence-corrected chi connectivity index (χ4v) is 1.88. The Kier molecular flexibility index (Phi) is 3.47. The summed E-state index contributed by atoms with van der Waals surface area (Å²) in [4.78, 5) is 20.1. The van der Waals surface area contributed by atoms with Crippen molar-refractivity contribution in [1.29, 1.82) is 0 Å². The Balaban J connectivity index is 1.85. The number of ether oxygens (including phenoxy) is 1. The van der Waals surface area contributed by atoms with E-state index in [1.165, 1.54) is 10.8 Å². The third-order valence-corrected chi connectivity index (χ3v) is 3.01. The van der Waals surface area contributed by atoms with Crippen LogP contribution in [-0.2, 0) is 7.05 Å². The van der Waals surface area contributed by atoms with Crippen LogP contribution in [0, 0.1) is 0 Å². The summed E-state index contributed by atoms with van der Waals surface area (Å²) in [7, 11) is 1.65. The molecule has 104 valence electrons. The van der Waals surface area contributed by atoms with Crippen molar-refractivity contribution in [3.63, 3.8) is 0 Å². The van der Waals surface area contributed by atoms with Crippen molar-refractivity contribution >= 4 is 0 Å². The first kappa shape index (κ1) is 13.1. The van der Waals surface area contributed by atoms with E-state index in [4.69, 9.17) is 4.74 Å². The molecule has 0 aliphatic carbocycles. The number of pyridine rings is 1. The molecular weight excluding hydrogens is 266 g/mol. The van der Waals surface area contributed by atoms with Crippen LogP contribution in [0.4, 0.5) is 0 Å². The van der Waals surface area contributed by atoms with Crippen LogP contribution < -0.4 is 10.3 Å². The highest BCUT2D eigenvalue weighted by Gasteiger charge is 2.06. The van der Waals surface area contributed by atoms with E-state index in [1.54, 1.807) is 25.5 Å². The fourth-order valence-electron chi connectivity index (χ4n) is 1.88. The Morgan fingerprint density at radius 1 is 1.05 bits per heavy atom. The zero-order chi connectivity index (χ0) is 14.7. The minimum atomic E-state index is -0.287. The smallest absolute Gasteiger partial charge is 0.313 e. The van der Waals surface area contributed by atoms with E-state index < -0.39 is 0 Å². The zero-order valence-electron chi connectivity index (χ0n) is 11.4. The van der Waals surface area contributed by atoms with Crippen molar-refractivity contribution in [2.24, 2.45) is 7.05 Å². The first-order chi connectivity index (χ1) is 10.2. The fraction of sp³-hybridized carbons (Fsp3) is 0.0625. The molecule has 0 amide bonds. The van der Waals surface area contributed by atoms with E-state index in [2.05, 4.69) is 9.97 Å². The van der Waals surface area contributed by atoms with Gasteiger partial charge in [0.25, 0.3) is 5.88 Å². The molecule has 2 aromatic heterocycles. The van der Waals surface area contributed by atoms with Crippen LogP contribution in [0.1, 0.15) is 0 Å². The monoisotopic (exact) mass is 279 g/mol. The van der Waals surface area contributed by atoms with E-state index in [9.17, 15) is 4.79 Å². The highest BCUT2D eigenvalue weighted by atomic mass is 16.5. The topological polar surface area (TPSA) is 57.0 Å². The molecule has 0 bridgehead atoms. The van der Waals surface area contributed by atoms with Crippen LogP contribution in [0.5, 0.6) is 11.6 Å². The zero-order valence-corrected chi connectivity index (χ0v) is 11.4. The van der Waals surface area contributed by atoms with Crippen LogP contribution >= 0.6 is 0 Å². The number of hydrogen-bond acceptors (Lipinski definition) is 4. The molecule has 0 spiro atoms. The molecule has 0 fully saturated rings. The Labute approximate surface area is 121 Å². The molecule has 0 aliphatic rings. The molecular formula is C16H13N3O2. The number of benzene rings is 1. The van der Waals surface area contributed by atoms with Crippen molar-refractivity contribution in [2.75, 3.05) is 0 Å². The summed E-state index contributed by atoms with van der Waals surface area (Å²) in [6.45, 7) is 0. The van der Waals surface area contributed by atoms with Gasteiger partial charge in [0.1, 0.15) is 5.75 Å². The third kappa shape index (κ3) is 2.81. The van der Waals surface area contributed by atoms with Crippen LogP contribution in [0.2, 0.25) is 0 Å². The highest BCUT2D eigenvalue weighted by Crippen LogP contribution is 2.20. The Hall–Kier alpha value is -2.95. The normalized spacial score (nSPS) is 10.3. The second-order valence-electron chi connectivity index (χ2n) is 4.50. The summed E-state index contributed by atoms with van der Waals surface area (Å²) in [6.07, 6.45) is 4.67. The first-order valence-electron chi connectivity index (χ1n) is 6.45. The number of nitrogens with zero attached hydrogens (tertiary/aromatic N) is 3. The second kappa shape index (κ2) is 5.58. The third-order valence-electron chi connectivity index (χ3n) is 3.01. The van der Waals surface area contributed by atoms with E-state index >= 15 is 0 Å². The predicted molar refractivity (Wildman–Crippen MR) is 79.2 cm³/mol. The molecule has 3 rings (SSSR count). The van der Waals surface area contributed by atoms with E-state index in [-0.39, 0.29) is 11.4 Å². The van der Waals surface area contributed by atoms with Gasteiger partial charge in [-0.3, -0.25) is 9.78 Å². The van der Waals surface area contributed by atoms with Gasteiger partial charge in [0.05, 0.1) is 11.9 Å². The lowest BCUT2D eigenvalue weighted by molar-refractivity contribution is 0.447. The van der Waals surface area contributed by atoms with Gasteiger partial charge >= 0.3 is 5.56 Å². The number of rotatable bonds is 3. The van der Waals surface area contributed by atoms with Crippen LogP contribution in [0.25, 0.3) is 11.3 Å². The van der Waals surface area contributed by atoms with Crippen LogP contribution in [-0.4, -0.2) is 14.5 Å². The summed E-state index contributed by atoms with van der Waals surface area (Å²) in [5.41, 5.74) is 1.58. The summed E-state index contributed by atoms with van der Waals surface area (Å²) < 4.78 is 6.88. The maximum absolute atomic E-state index is 11.8. The Morgan fingerprint density at radius 2 is 1.86 bits per heavy atom. The first-order valence-corrected chi connectivity index (χ1v) is 6.45. The van der Waals surface area contributed by atoms with Crippen LogP contribution in [0.3, 0.4) is 0 Å². The molecule has 0 saturated carbocycles. The van der Waals surface area contributed by atoms with Crippen molar-refractivity contribution in [2.45, 2.75) is 0 Å². The van der Waals surface area contributed by atoms with Gasteiger partial charge in [-0.25, -0.2) is 4.98 Å². The predicted octanol–water partition coefficient (Wildman–Crippen LogP) is 2.63. The van der Waals surface area contributed by atoms with Crippen molar-refractivity contribution in [3.8, 4) is 22.9 Å². The molecule has 0 unspecified atom stereocenters. The maximum atomic E-state index is 11.8. The lowest BCUT2D eigenvalue weighted by atomic mass is 10.1. The molecule has 2 heterocycles. The minimum Gasteiger partial charge on any atom is -0.433 e. The van der Waals surface area contributed by atoms with Crippen molar-refractivity contribution in [3.05, 3.63) is 71.4 Å². The van der Waals surface area contributed by atoms with Crippen molar-refractivity contribution < 1.29 is 4.74 Å². The molecule has 5 heteroatoms. The number of hydrogen-bond donors (Lipinski definition) is 0. The van der Waals surface area contributed by atoms with E-state index in [1.807, 2.05) is 36.4 Å². The van der Waals surface area contributed by atoms with Crippen LogP contribution in [0.15, 0.2) is 65.8 Å². The molecule has 3 aromatic rings. The summed E-state index contributed by atoms with van der Waals surface area (Å²) in [6, 6.07) is 13.5. The van der Waals surface area contributed by atoms with Gasteiger partial charge in [-0.15, -0.1) is 0 Å². The van der Waals surface area contributed by atoms with Crippen molar-refractivity contribution in [1.82, 2.24) is 14.5 Å². The molecule has 1 aromatic carbocycles. The Morgan fingerprint density at radius 3 is 2.57 bits per heavy atom. The highest BCUT2D eigenvalue weighted by molar-refractivity contribution is 5.59. The average Bonchev–Trinajstić information content (AvgIpc) is 2.53. The maximum Gasteiger partial charge on any atom is 0.313 e. The largest absolute Gasteiger partial charge is 0.433 e. The van der Waals surface area contributed by atoms with Gasteiger partial charge in [-0.1, -0.05) is 30.3 Å². The quantitative estimate of drug-likeness (QED) is 0.739. The van der Waals surface area contributed by atoms with E-state index in [0.717, 1.165) is 11.3 Å². The molecule has 0 saturated heterocycles. The molecule has 0 radical (unpaired) electrons. The summed E-state index contributed by atoms with van der Waals surface area (Å²) >= 11 is 0. The standard InChI is InChI=1S/C16H13N3O2/c1-19-10-9-17-15(16(19)20)21-13-7-8-14(18-11-13)12-5-3-2-4-6-12/h2-11H,1H3. The average molecular weight is 279 g/mol. The Bertz CT molecular complexity index is 796. The molecule has 5 nitrogen and oxygen atoms in total. The van der Waals surface area contributed by atoms with Gasteiger partial charge < -0.3 is 9.30 Å². The minimum absolute atomic E-state index is 0.0364. The van der Waals surface area contributed by atoms with Gasteiger partial charge in [0, 0.05) is 25.0 Å². The summed E-state index contributed by atoms with van der Waals surface area (Å²) in [5.74, 6) is 0.514. The molecule has 21 heavy (non-hydrogen) atoms. The van der Waals surface area contributed by atoms with Gasteiger partial charge in [-0.05, 0) is 12.1 Å². The number of aryl methyl sites for hydroxylation is 1. The molecule has 0 atom stereocenters. The molecule has 0 aliphatic heterocycles. The lowest BCUT2D eigenvalue weighted by Crippen LogP contribution is -2.18. The lowest BCUT2D eigenvalue weighted by Gasteiger charge is -2.06. The molecule has 0 N–H and O–H groups in total. The summed E-state index contributed by atoms with van der Waals surface area (Å²) in [5, 5.41) is 0. The van der Waals surface area contributed by atoms with Gasteiger partial charge in [0.15, 0.2) is 0 Å². The SMILES string of the molecule is Cn1ccnc(Oc2ccc(-c3ccccc3)nc2)c1=O.